The largest absolute Gasteiger partial charge is 0.338 e. The number of pyridine rings is 2. The third-order valence-corrected chi connectivity index (χ3v) is 6.54. The Morgan fingerprint density at radius 2 is 1.81 bits per heavy atom. The summed E-state index contributed by atoms with van der Waals surface area (Å²) in [5.74, 6) is 0.0661. The topological polar surface area (TPSA) is 113 Å². The van der Waals surface area contributed by atoms with Crippen LogP contribution in [0, 0.1) is 0 Å². The molecule has 154 valence electrons. The monoisotopic (exact) mass is 437 g/mol. The number of H-pyrrole nitrogens is 2. The van der Waals surface area contributed by atoms with Gasteiger partial charge in [-0.3, -0.25) is 9.89 Å². The van der Waals surface area contributed by atoms with Gasteiger partial charge < -0.3 is 4.98 Å². The van der Waals surface area contributed by atoms with Crippen LogP contribution in [0.2, 0.25) is 0 Å². The van der Waals surface area contributed by atoms with E-state index in [-0.39, 0.29) is 5.78 Å². The summed E-state index contributed by atoms with van der Waals surface area (Å²) in [6.07, 6.45) is 8.55. The third-order valence-electron chi connectivity index (χ3n) is 5.32. The van der Waals surface area contributed by atoms with Gasteiger partial charge in [-0.2, -0.15) is 5.10 Å². The first-order valence-electron chi connectivity index (χ1n) is 9.86. The van der Waals surface area contributed by atoms with E-state index in [0.717, 1.165) is 54.3 Å². The van der Waals surface area contributed by atoms with Crippen molar-refractivity contribution in [2.24, 2.45) is 0 Å². The fourth-order valence-corrected chi connectivity index (χ4v) is 4.70. The molecule has 0 bridgehead atoms. The third kappa shape index (κ3) is 2.98. The van der Waals surface area contributed by atoms with Gasteiger partial charge in [-0.25, -0.2) is 19.9 Å². The van der Waals surface area contributed by atoms with Crippen LogP contribution in [0.5, 0.6) is 0 Å². The van der Waals surface area contributed by atoms with E-state index in [4.69, 9.17) is 0 Å². The second-order valence-electron chi connectivity index (χ2n) is 7.34. The van der Waals surface area contributed by atoms with E-state index in [2.05, 4.69) is 35.1 Å². The highest BCUT2D eigenvalue weighted by Crippen LogP contribution is 2.36. The number of nitrogens with zero attached hydrogens (tertiary/aromatic N) is 5. The van der Waals surface area contributed by atoms with E-state index < -0.39 is 0 Å². The van der Waals surface area contributed by atoms with Crippen molar-refractivity contribution in [2.75, 3.05) is 0 Å². The van der Waals surface area contributed by atoms with Crippen molar-refractivity contribution in [2.45, 2.75) is 6.92 Å². The lowest BCUT2D eigenvalue weighted by Crippen LogP contribution is -1.85. The molecule has 6 rings (SSSR count). The highest BCUT2D eigenvalue weighted by atomic mass is 32.1. The zero-order valence-electron chi connectivity index (χ0n) is 16.8. The van der Waals surface area contributed by atoms with Crippen LogP contribution in [0.15, 0.2) is 61.4 Å². The zero-order chi connectivity index (χ0) is 21.7. The fraction of sp³-hybridized carbons (Fsp3) is 0.0435. The van der Waals surface area contributed by atoms with Gasteiger partial charge in [0.15, 0.2) is 11.4 Å². The summed E-state index contributed by atoms with van der Waals surface area (Å²) in [5.41, 5.74) is 5.85. The first-order chi connectivity index (χ1) is 15.7. The number of fused-ring (bicyclic) bond motifs is 2. The lowest BCUT2D eigenvalue weighted by molar-refractivity contribution is 0.102. The minimum absolute atomic E-state index is 0.0661. The Labute approximate surface area is 185 Å². The average Bonchev–Trinajstić information content (AvgIpc) is 3.56. The van der Waals surface area contributed by atoms with Crippen molar-refractivity contribution in [3.8, 4) is 33.0 Å². The SMILES string of the molecule is CC(=O)c1ccc(-c2ccnc3[nH]c(-c4n[nH]c5ncc(-c6cncnc6)cc45)cc23)s1. The molecule has 0 radical (unpaired) electrons. The molecule has 0 saturated carbocycles. The fourth-order valence-electron chi connectivity index (χ4n) is 3.76. The predicted molar refractivity (Wildman–Crippen MR) is 123 cm³/mol. The smallest absolute Gasteiger partial charge is 0.169 e. The predicted octanol–water partition coefficient (Wildman–Crippen LogP) is 4.89. The number of aromatic amines is 2. The van der Waals surface area contributed by atoms with E-state index >= 15 is 0 Å². The molecule has 0 fully saturated rings. The van der Waals surface area contributed by atoms with Crippen molar-refractivity contribution in [1.29, 1.82) is 0 Å². The molecule has 0 spiro atoms. The minimum Gasteiger partial charge on any atom is -0.338 e. The average molecular weight is 437 g/mol. The normalized spacial score (nSPS) is 11.4. The van der Waals surface area contributed by atoms with E-state index in [9.17, 15) is 4.79 Å². The van der Waals surface area contributed by atoms with Gasteiger partial charge in [0.05, 0.1) is 10.6 Å². The molecule has 0 aliphatic rings. The van der Waals surface area contributed by atoms with Gasteiger partial charge in [0.1, 0.15) is 17.7 Å². The molecule has 9 heteroatoms. The minimum atomic E-state index is 0.0661. The van der Waals surface area contributed by atoms with Gasteiger partial charge >= 0.3 is 0 Å². The van der Waals surface area contributed by atoms with Gasteiger partial charge in [0, 0.05) is 57.1 Å². The van der Waals surface area contributed by atoms with E-state index in [1.54, 1.807) is 31.7 Å². The van der Waals surface area contributed by atoms with Crippen molar-refractivity contribution in [1.82, 2.24) is 35.1 Å². The number of Topliss-reactive ketones (excluding diaryl/α,β-unsaturated/α-hetero) is 1. The van der Waals surface area contributed by atoms with E-state index in [1.807, 2.05) is 30.3 Å². The van der Waals surface area contributed by atoms with Gasteiger partial charge in [-0.1, -0.05) is 0 Å². The summed E-state index contributed by atoms with van der Waals surface area (Å²) in [5, 5.41) is 9.36. The molecule has 0 aliphatic carbocycles. The summed E-state index contributed by atoms with van der Waals surface area (Å²) in [7, 11) is 0. The van der Waals surface area contributed by atoms with Gasteiger partial charge in [0.25, 0.3) is 0 Å². The van der Waals surface area contributed by atoms with Crippen LogP contribution in [0.25, 0.3) is 55.0 Å². The Bertz CT molecular complexity index is 1610. The maximum absolute atomic E-state index is 11.7. The molecule has 6 aromatic heterocycles. The summed E-state index contributed by atoms with van der Waals surface area (Å²) in [6, 6.07) is 9.87. The summed E-state index contributed by atoms with van der Waals surface area (Å²) < 4.78 is 0. The highest BCUT2D eigenvalue weighted by Gasteiger charge is 2.16. The lowest BCUT2D eigenvalue weighted by Gasteiger charge is -2.00. The maximum Gasteiger partial charge on any atom is 0.169 e. The molecule has 0 unspecified atom stereocenters. The second-order valence-corrected chi connectivity index (χ2v) is 8.43. The number of carbonyl (C=O) groups excluding carboxylic acids is 1. The maximum atomic E-state index is 11.7. The number of carbonyl (C=O) groups is 1. The van der Waals surface area contributed by atoms with E-state index in [0.29, 0.717) is 5.65 Å². The highest BCUT2D eigenvalue weighted by molar-refractivity contribution is 7.17. The Balaban J connectivity index is 1.49. The van der Waals surface area contributed by atoms with Gasteiger partial charge in [0.2, 0.25) is 0 Å². The molecule has 6 heterocycles. The number of hydrogen-bond donors (Lipinski definition) is 2. The van der Waals surface area contributed by atoms with Crippen LogP contribution in [0.4, 0.5) is 0 Å². The van der Waals surface area contributed by atoms with Gasteiger partial charge in [-0.05, 0) is 37.3 Å². The first-order valence-corrected chi connectivity index (χ1v) is 10.7. The Morgan fingerprint density at radius 1 is 0.938 bits per heavy atom. The molecule has 0 amide bonds. The van der Waals surface area contributed by atoms with Crippen molar-refractivity contribution >= 4 is 39.2 Å². The van der Waals surface area contributed by atoms with Crippen LogP contribution < -0.4 is 0 Å². The van der Waals surface area contributed by atoms with Crippen LogP contribution in [-0.4, -0.2) is 40.9 Å². The Morgan fingerprint density at radius 3 is 2.62 bits per heavy atom. The molecule has 0 saturated heterocycles. The molecular formula is C23H15N7OS. The molecule has 32 heavy (non-hydrogen) atoms. The molecule has 0 atom stereocenters. The van der Waals surface area contributed by atoms with E-state index in [1.165, 1.54) is 17.7 Å². The molecule has 0 aliphatic heterocycles. The molecule has 8 nitrogen and oxygen atoms in total. The van der Waals surface area contributed by atoms with Crippen LogP contribution in [0.1, 0.15) is 16.6 Å². The number of hydrogen-bond acceptors (Lipinski definition) is 7. The lowest BCUT2D eigenvalue weighted by atomic mass is 10.1. The molecule has 2 N–H and O–H groups in total. The Kier molecular flexibility index (Phi) is 4.15. The number of nitrogens with one attached hydrogen (secondary N) is 2. The van der Waals surface area contributed by atoms with Crippen molar-refractivity contribution in [3.63, 3.8) is 0 Å². The van der Waals surface area contributed by atoms with Crippen molar-refractivity contribution in [3.05, 3.63) is 66.3 Å². The number of rotatable bonds is 4. The van der Waals surface area contributed by atoms with Crippen molar-refractivity contribution < 1.29 is 4.79 Å². The molecule has 6 aromatic rings. The van der Waals surface area contributed by atoms with Crippen LogP contribution in [0.3, 0.4) is 0 Å². The zero-order valence-corrected chi connectivity index (χ0v) is 17.6. The summed E-state index contributed by atoms with van der Waals surface area (Å²) in [6.45, 7) is 1.58. The summed E-state index contributed by atoms with van der Waals surface area (Å²) >= 11 is 1.48. The van der Waals surface area contributed by atoms with Crippen LogP contribution >= 0.6 is 11.3 Å². The summed E-state index contributed by atoms with van der Waals surface area (Å²) in [4.78, 5) is 34.1. The standard InChI is InChI=1S/C23H15N7OS/c1-12(31)19-2-3-20(32-19)15-4-5-26-22-16(15)7-18(28-22)21-17-6-13(10-27-23(17)30-29-21)14-8-24-11-25-9-14/h2-11H,1H3,(H,26,28)(H,27,29,30). The molecular weight excluding hydrogens is 422 g/mol. The molecule has 0 aromatic carbocycles. The number of aromatic nitrogens is 7. The Hall–Kier alpha value is -4.24. The van der Waals surface area contributed by atoms with Gasteiger partial charge in [-0.15, -0.1) is 11.3 Å². The number of thiophene rings is 1. The second kappa shape index (κ2) is 7.17. The quantitative estimate of drug-likeness (QED) is 0.380. The first kappa shape index (κ1) is 18.5. The number of ketones is 1. The van der Waals surface area contributed by atoms with Crippen LogP contribution in [-0.2, 0) is 0 Å².